The van der Waals surface area contributed by atoms with Gasteiger partial charge in [0.15, 0.2) is 0 Å². The molecule has 0 amide bonds. The molecule has 0 fully saturated rings. The molecule has 3 heteroatoms. The monoisotopic (exact) mass is 434 g/mol. The van der Waals surface area contributed by atoms with Crippen LogP contribution in [0.3, 0.4) is 0 Å². The second kappa shape index (κ2) is 6.40. The van der Waals surface area contributed by atoms with Crippen molar-refractivity contribution in [2.45, 2.75) is 18.7 Å². The molecule has 0 aliphatic carbocycles. The van der Waals surface area contributed by atoms with Crippen molar-refractivity contribution < 1.29 is 0 Å². The second-order valence-corrected chi connectivity index (χ2v) is 6.93. The van der Waals surface area contributed by atoms with E-state index in [1.54, 1.807) is 0 Å². The molecule has 0 aliphatic rings. The zero-order valence-electron chi connectivity index (χ0n) is 9.96. The van der Waals surface area contributed by atoms with Crippen molar-refractivity contribution >= 4 is 50.1 Å². The molecule has 0 aliphatic heterocycles. The van der Waals surface area contributed by atoms with Crippen LogP contribution in [0.1, 0.15) is 22.1 Å². The van der Waals surface area contributed by atoms with Crippen molar-refractivity contribution in [2.24, 2.45) is 0 Å². The van der Waals surface area contributed by atoms with E-state index in [9.17, 15) is 0 Å². The molecule has 0 bridgehead atoms. The van der Waals surface area contributed by atoms with Gasteiger partial charge in [-0.25, -0.2) is 0 Å². The van der Waals surface area contributed by atoms with Crippen molar-refractivity contribution in [3.05, 3.63) is 67.2 Å². The van der Waals surface area contributed by atoms with Crippen LogP contribution < -0.4 is 0 Å². The zero-order chi connectivity index (χ0) is 13.1. The lowest BCUT2D eigenvalue weighted by atomic mass is 10.0. The number of alkyl halides is 1. The molecule has 94 valence electrons. The van der Waals surface area contributed by atoms with Crippen LogP contribution in [0.4, 0.5) is 0 Å². The minimum atomic E-state index is 0.0104. The van der Waals surface area contributed by atoms with Gasteiger partial charge in [-0.05, 0) is 65.3 Å². The Morgan fingerprint density at radius 3 is 2.72 bits per heavy atom. The molecular formula is C15H13BrClI. The summed E-state index contributed by atoms with van der Waals surface area (Å²) in [7, 11) is 0. The Kier molecular flexibility index (Phi) is 5.10. The number of hydrogen-bond donors (Lipinski definition) is 0. The number of halogens is 3. The SMILES string of the molecule is Cc1cccc(CC(Cl)c2cc(Br)ccc2I)c1. The molecular weight excluding hydrogens is 422 g/mol. The lowest BCUT2D eigenvalue weighted by Crippen LogP contribution is -1.99. The van der Waals surface area contributed by atoms with Crippen molar-refractivity contribution in [1.29, 1.82) is 0 Å². The molecule has 0 saturated heterocycles. The summed E-state index contributed by atoms with van der Waals surface area (Å²) >= 11 is 12.4. The van der Waals surface area contributed by atoms with Gasteiger partial charge in [-0.15, -0.1) is 11.6 Å². The van der Waals surface area contributed by atoms with Gasteiger partial charge in [-0.3, -0.25) is 0 Å². The summed E-state index contributed by atoms with van der Waals surface area (Å²) in [6.45, 7) is 2.11. The van der Waals surface area contributed by atoms with Crippen LogP contribution in [0.25, 0.3) is 0 Å². The summed E-state index contributed by atoms with van der Waals surface area (Å²) in [6, 6.07) is 14.8. The highest BCUT2D eigenvalue weighted by Crippen LogP contribution is 2.31. The topological polar surface area (TPSA) is 0 Å². The molecule has 2 aromatic rings. The third-order valence-corrected chi connectivity index (χ3v) is 4.66. The fraction of sp³-hybridized carbons (Fsp3) is 0.200. The van der Waals surface area contributed by atoms with Crippen LogP contribution in [0.2, 0.25) is 0 Å². The van der Waals surface area contributed by atoms with Crippen LogP contribution in [0.5, 0.6) is 0 Å². The summed E-state index contributed by atoms with van der Waals surface area (Å²) in [4.78, 5) is 0. The van der Waals surface area contributed by atoms with Gasteiger partial charge >= 0.3 is 0 Å². The predicted molar refractivity (Wildman–Crippen MR) is 90.3 cm³/mol. The maximum absolute atomic E-state index is 6.54. The highest BCUT2D eigenvalue weighted by Gasteiger charge is 2.12. The Bertz CT molecular complexity index is 554. The molecule has 2 rings (SSSR count). The number of benzene rings is 2. The third-order valence-electron chi connectivity index (χ3n) is 2.79. The predicted octanol–water partition coefficient (Wildman–Crippen LogP) is 5.88. The van der Waals surface area contributed by atoms with E-state index < -0.39 is 0 Å². The van der Waals surface area contributed by atoms with Crippen molar-refractivity contribution in [1.82, 2.24) is 0 Å². The summed E-state index contributed by atoms with van der Waals surface area (Å²) in [5.41, 5.74) is 3.75. The van der Waals surface area contributed by atoms with E-state index in [2.05, 4.69) is 81.8 Å². The Hall–Kier alpha value is -0.0600. The Morgan fingerprint density at radius 2 is 2.00 bits per heavy atom. The van der Waals surface area contributed by atoms with Gasteiger partial charge in [0.25, 0.3) is 0 Å². The summed E-state index contributed by atoms with van der Waals surface area (Å²) < 4.78 is 2.29. The van der Waals surface area contributed by atoms with E-state index in [1.807, 2.05) is 6.07 Å². The molecule has 1 unspecified atom stereocenters. The summed E-state index contributed by atoms with van der Waals surface area (Å²) in [5, 5.41) is 0.0104. The van der Waals surface area contributed by atoms with Crippen LogP contribution in [-0.4, -0.2) is 0 Å². The van der Waals surface area contributed by atoms with Crippen LogP contribution in [0, 0.1) is 10.5 Å². The highest BCUT2D eigenvalue weighted by molar-refractivity contribution is 14.1. The van der Waals surface area contributed by atoms with Crippen LogP contribution >= 0.6 is 50.1 Å². The van der Waals surface area contributed by atoms with Gasteiger partial charge in [0.2, 0.25) is 0 Å². The molecule has 18 heavy (non-hydrogen) atoms. The van der Waals surface area contributed by atoms with Gasteiger partial charge in [0, 0.05) is 8.04 Å². The van der Waals surface area contributed by atoms with Gasteiger partial charge in [0.1, 0.15) is 0 Å². The van der Waals surface area contributed by atoms with E-state index in [4.69, 9.17) is 11.6 Å². The quantitative estimate of drug-likeness (QED) is 0.417. The normalized spacial score (nSPS) is 12.4. The first-order chi connectivity index (χ1) is 8.56. The first-order valence-electron chi connectivity index (χ1n) is 5.71. The maximum atomic E-state index is 6.54. The second-order valence-electron chi connectivity index (χ2n) is 4.33. The minimum absolute atomic E-state index is 0.0104. The minimum Gasteiger partial charge on any atom is -0.117 e. The smallest absolute Gasteiger partial charge is 0.0636 e. The molecule has 0 nitrogen and oxygen atoms in total. The third kappa shape index (κ3) is 3.72. The number of rotatable bonds is 3. The van der Waals surface area contributed by atoms with Crippen molar-refractivity contribution in [3.63, 3.8) is 0 Å². The van der Waals surface area contributed by atoms with E-state index in [-0.39, 0.29) is 5.38 Å². The lowest BCUT2D eigenvalue weighted by molar-refractivity contribution is 0.911. The fourth-order valence-corrected chi connectivity index (χ4v) is 3.54. The largest absolute Gasteiger partial charge is 0.117 e. The van der Waals surface area contributed by atoms with Crippen LogP contribution in [0.15, 0.2) is 46.9 Å². The number of hydrogen-bond acceptors (Lipinski definition) is 0. The fourth-order valence-electron chi connectivity index (χ4n) is 1.91. The molecule has 0 saturated carbocycles. The van der Waals surface area contributed by atoms with Crippen molar-refractivity contribution in [2.75, 3.05) is 0 Å². The highest BCUT2D eigenvalue weighted by atomic mass is 127. The average molecular weight is 436 g/mol. The Balaban J connectivity index is 2.21. The summed E-state index contributed by atoms with van der Waals surface area (Å²) in [6.07, 6.45) is 0.857. The van der Waals surface area contributed by atoms with Crippen LogP contribution in [-0.2, 0) is 6.42 Å². The van der Waals surface area contributed by atoms with E-state index in [1.165, 1.54) is 20.3 Å². The van der Waals surface area contributed by atoms with E-state index in [0.717, 1.165) is 10.9 Å². The maximum Gasteiger partial charge on any atom is 0.0636 e. The Labute approximate surface area is 135 Å². The van der Waals surface area contributed by atoms with Crippen molar-refractivity contribution in [3.8, 4) is 0 Å². The molecule has 0 N–H and O–H groups in total. The molecule has 2 aromatic carbocycles. The molecule has 0 aromatic heterocycles. The van der Waals surface area contributed by atoms with Gasteiger partial charge in [0.05, 0.1) is 5.38 Å². The lowest BCUT2D eigenvalue weighted by Gasteiger charge is -2.13. The molecule has 0 heterocycles. The summed E-state index contributed by atoms with van der Waals surface area (Å²) in [5.74, 6) is 0. The zero-order valence-corrected chi connectivity index (χ0v) is 14.5. The first-order valence-corrected chi connectivity index (χ1v) is 8.01. The first kappa shape index (κ1) is 14.4. The van der Waals surface area contributed by atoms with E-state index >= 15 is 0 Å². The number of aryl methyl sites for hydroxylation is 1. The van der Waals surface area contributed by atoms with E-state index in [0.29, 0.717) is 0 Å². The van der Waals surface area contributed by atoms with Gasteiger partial charge in [-0.1, -0.05) is 45.8 Å². The molecule has 1 atom stereocenters. The average Bonchev–Trinajstić information content (AvgIpc) is 2.32. The Morgan fingerprint density at radius 1 is 1.22 bits per heavy atom. The van der Waals surface area contributed by atoms with Gasteiger partial charge < -0.3 is 0 Å². The van der Waals surface area contributed by atoms with Gasteiger partial charge in [-0.2, -0.15) is 0 Å². The molecule has 0 spiro atoms. The molecule has 0 radical (unpaired) electrons. The standard InChI is InChI=1S/C15H13BrClI/c1-10-3-2-4-11(7-10)8-14(17)13-9-12(16)5-6-15(13)18/h2-7,9,14H,8H2,1H3.